The molecule has 1 aliphatic heterocycles. The van der Waals surface area contributed by atoms with Gasteiger partial charge < -0.3 is 15.2 Å². The van der Waals surface area contributed by atoms with Gasteiger partial charge in [0.2, 0.25) is 10.0 Å². The number of esters is 1. The Morgan fingerprint density at radius 3 is 2.40 bits per heavy atom. The van der Waals surface area contributed by atoms with E-state index in [0.717, 1.165) is 5.56 Å². The molecule has 35 heavy (non-hydrogen) atoms. The Balaban J connectivity index is 1.55. The van der Waals surface area contributed by atoms with Gasteiger partial charge in [-0.3, -0.25) is 4.79 Å². The highest BCUT2D eigenvalue weighted by Crippen LogP contribution is 2.40. The largest absolute Gasteiger partial charge is 0.480 e. The van der Waals surface area contributed by atoms with Gasteiger partial charge in [0.25, 0.3) is 0 Å². The normalized spacial score (nSPS) is 16.2. The molecule has 0 saturated carbocycles. The molecule has 0 radical (unpaired) electrons. The Kier molecular flexibility index (Phi) is 7.20. The third-order valence-electron chi connectivity index (χ3n) is 5.87. The molecule has 0 spiro atoms. The Bertz CT molecular complexity index is 1280. The summed E-state index contributed by atoms with van der Waals surface area (Å²) in [5, 5.41) is 0. The Hall–Kier alpha value is -3.27. The van der Waals surface area contributed by atoms with Crippen molar-refractivity contribution in [2.24, 2.45) is 5.73 Å². The van der Waals surface area contributed by atoms with Crippen molar-refractivity contribution in [1.82, 2.24) is 4.31 Å². The van der Waals surface area contributed by atoms with Gasteiger partial charge in [0.15, 0.2) is 5.60 Å². The molecule has 0 aromatic heterocycles. The minimum atomic E-state index is -3.83. The van der Waals surface area contributed by atoms with Gasteiger partial charge in [-0.05, 0) is 60.9 Å². The van der Waals surface area contributed by atoms with E-state index >= 15 is 0 Å². The highest BCUT2D eigenvalue weighted by atomic mass is 32.2. The summed E-state index contributed by atoms with van der Waals surface area (Å²) in [6.07, 6.45) is 0.157. The van der Waals surface area contributed by atoms with E-state index < -0.39 is 27.6 Å². The molecule has 1 aliphatic rings. The predicted octanol–water partition coefficient (Wildman–Crippen LogP) is 3.24. The Labute approximate surface area is 204 Å². The molecule has 0 bridgehead atoms. The lowest BCUT2D eigenvalue weighted by molar-refractivity contribution is -0.144. The first kappa shape index (κ1) is 24.8. The van der Waals surface area contributed by atoms with Gasteiger partial charge in [-0.15, -0.1) is 0 Å². The van der Waals surface area contributed by atoms with E-state index in [0.29, 0.717) is 11.3 Å². The summed E-state index contributed by atoms with van der Waals surface area (Å²) in [4.78, 5) is 12.0. The number of hydrogen-bond donors (Lipinski definition) is 1. The van der Waals surface area contributed by atoms with Crippen molar-refractivity contribution in [2.75, 3.05) is 19.7 Å². The number of nitrogens with zero attached hydrogens (tertiary/aromatic N) is 1. The highest BCUT2D eigenvalue weighted by Gasteiger charge is 2.52. The molecule has 0 unspecified atom stereocenters. The maximum absolute atomic E-state index is 13.4. The van der Waals surface area contributed by atoms with Crippen LogP contribution in [0.25, 0.3) is 0 Å². The van der Waals surface area contributed by atoms with Crippen LogP contribution in [0.15, 0.2) is 83.8 Å². The molecule has 2 N–H and O–H groups in total. The van der Waals surface area contributed by atoms with Crippen LogP contribution in [0, 0.1) is 5.82 Å². The second-order valence-electron chi connectivity index (χ2n) is 8.40. The van der Waals surface area contributed by atoms with E-state index in [9.17, 15) is 17.6 Å². The van der Waals surface area contributed by atoms with Gasteiger partial charge in [0, 0.05) is 0 Å². The number of nitrogens with two attached hydrogens (primary N) is 1. The minimum Gasteiger partial charge on any atom is -0.480 e. The number of sulfonamides is 1. The number of carbonyl (C=O) groups excluding carboxylic acids is 1. The molecule has 1 atom stereocenters. The van der Waals surface area contributed by atoms with Crippen molar-refractivity contribution in [3.05, 3.63) is 95.8 Å². The fourth-order valence-electron chi connectivity index (χ4n) is 4.04. The van der Waals surface area contributed by atoms with Crippen molar-refractivity contribution in [1.29, 1.82) is 0 Å². The second kappa shape index (κ2) is 10.2. The molecular formula is C26H27FN2O5S. The van der Waals surface area contributed by atoms with Crippen LogP contribution in [-0.4, -0.2) is 44.4 Å². The highest BCUT2D eigenvalue weighted by molar-refractivity contribution is 7.89. The van der Waals surface area contributed by atoms with Gasteiger partial charge in [-0.1, -0.05) is 42.5 Å². The molecule has 7 nitrogen and oxygen atoms in total. The third-order valence-corrected chi connectivity index (χ3v) is 7.66. The maximum Gasteiger partial charge on any atom is 0.323 e. The quantitative estimate of drug-likeness (QED) is 0.455. The summed E-state index contributed by atoms with van der Waals surface area (Å²) < 4.78 is 52.7. The number of ether oxygens (including phenoxy) is 2. The zero-order valence-electron chi connectivity index (χ0n) is 19.3. The van der Waals surface area contributed by atoms with Gasteiger partial charge >= 0.3 is 5.97 Å². The van der Waals surface area contributed by atoms with E-state index in [1.165, 1.54) is 40.7 Å². The average molecular weight is 499 g/mol. The van der Waals surface area contributed by atoms with E-state index in [1.54, 1.807) is 19.1 Å². The summed E-state index contributed by atoms with van der Waals surface area (Å²) in [5.41, 5.74) is 6.43. The van der Waals surface area contributed by atoms with Crippen LogP contribution >= 0.6 is 0 Å². The topological polar surface area (TPSA) is 98.9 Å². The summed E-state index contributed by atoms with van der Waals surface area (Å²) in [6.45, 7) is 2.09. The van der Waals surface area contributed by atoms with E-state index in [1.807, 2.05) is 30.3 Å². The van der Waals surface area contributed by atoms with Gasteiger partial charge in [0.1, 0.15) is 17.6 Å². The minimum absolute atomic E-state index is 0.0866. The first-order valence-corrected chi connectivity index (χ1v) is 12.7. The van der Waals surface area contributed by atoms with Crippen LogP contribution in [0.3, 0.4) is 0 Å². The predicted molar refractivity (Wildman–Crippen MR) is 129 cm³/mol. The van der Waals surface area contributed by atoms with Crippen LogP contribution in [0.2, 0.25) is 0 Å². The molecule has 184 valence electrons. The standard InChI is InChI=1S/C26H27FN2O5S/c1-2-33-25(30)24(28)16-19-7-6-10-23(15-19)35(31,32)29-17-26(18-29,20-8-4-3-5-9-20)34-22-13-11-21(27)12-14-22/h3-15,24H,2,16-18,28H2,1H3/t24-/m0/s1. The zero-order valence-corrected chi connectivity index (χ0v) is 20.1. The molecular weight excluding hydrogens is 471 g/mol. The maximum atomic E-state index is 13.4. The fraction of sp³-hybridized carbons (Fsp3) is 0.269. The monoisotopic (exact) mass is 498 g/mol. The molecule has 3 aromatic carbocycles. The molecule has 4 rings (SSSR count). The van der Waals surface area contributed by atoms with Gasteiger partial charge in [-0.25, -0.2) is 12.8 Å². The lowest BCUT2D eigenvalue weighted by atomic mass is 9.87. The Morgan fingerprint density at radius 2 is 1.74 bits per heavy atom. The molecule has 1 saturated heterocycles. The van der Waals surface area contributed by atoms with E-state index in [-0.39, 0.29) is 36.8 Å². The second-order valence-corrected chi connectivity index (χ2v) is 10.3. The molecule has 0 amide bonds. The number of benzene rings is 3. The lowest BCUT2D eigenvalue weighted by Gasteiger charge is -2.48. The van der Waals surface area contributed by atoms with Crippen LogP contribution < -0.4 is 10.5 Å². The summed E-state index contributed by atoms with van der Waals surface area (Å²) in [5.74, 6) is -0.470. The van der Waals surface area contributed by atoms with Crippen LogP contribution in [0.1, 0.15) is 18.1 Å². The molecule has 1 heterocycles. The van der Waals surface area contributed by atoms with Crippen molar-refractivity contribution in [3.8, 4) is 5.75 Å². The zero-order chi connectivity index (χ0) is 25.1. The number of rotatable bonds is 9. The smallest absolute Gasteiger partial charge is 0.323 e. The molecule has 1 fully saturated rings. The van der Waals surface area contributed by atoms with Crippen LogP contribution in [0.4, 0.5) is 4.39 Å². The van der Waals surface area contributed by atoms with Crippen LogP contribution in [0.5, 0.6) is 5.75 Å². The van der Waals surface area contributed by atoms with E-state index in [4.69, 9.17) is 15.2 Å². The third kappa shape index (κ3) is 5.37. The summed E-state index contributed by atoms with van der Waals surface area (Å²) in [6, 6.07) is 20.5. The molecule has 9 heteroatoms. The summed E-state index contributed by atoms with van der Waals surface area (Å²) >= 11 is 0. The van der Waals surface area contributed by atoms with Crippen LogP contribution in [-0.2, 0) is 31.6 Å². The van der Waals surface area contributed by atoms with E-state index in [2.05, 4.69) is 0 Å². The first-order chi connectivity index (χ1) is 16.7. The first-order valence-electron chi connectivity index (χ1n) is 11.2. The lowest BCUT2D eigenvalue weighted by Crippen LogP contribution is -2.64. The van der Waals surface area contributed by atoms with Crippen molar-refractivity contribution < 1.29 is 27.1 Å². The van der Waals surface area contributed by atoms with Crippen molar-refractivity contribution >= 4 is 16.0 Å². The fourth-order valence-corrected chi connectivity index (χ4v) is 5.64. The molecule has 0 aliphatic carbocycles. The van der Waals surface area contributed by atoms with Gasteiger partial charge in [-0.2, -0.15) is 4.31 Å². The van der Waals surface area contributed by atoms with Crippen molar-refractivity contribution in [2.45, 2.75) is 29.9 Å². The van der Waals surface area contributed by atoms with Gasteiger partial charge in [0.05, 0.1) is 24.6 Å². The molecule has 3 aromatic rings. The SMILES string of the molecule is CCOC(=O)[C@@H](N)Cc1cccc(S(=O)(=O)N2CC(Oc3ccc(F)cc3)(c3ccccc3)C2)c1. The number of halogens is 1. The number of carbonyl (C=O) groups is 1. The number of hydrogen-bond acceptors (Lipinski definition) is 6. The average Bonchev–Trinajstić information content (AvgIpc) is 2.83. The Morgan fingerprint density at radius 1 is 1.06 bits per heavy atom. The van der Waals surface area contributed by atoms with Crippen molar-refractivity contribution in [3.63, 3.8) is 0 Å². The summed E-state index contributed by atoms with van der Waals surface area (Å²) in [7, 11) is -3.83.